The molecule has 5 heteroatoms. The monoisotopic (exact) mass is 270 g/mol. The number of rotatable bonds is 3. The Morgan fingerprint density at radius 2 is 2.00 bits per heavy atom. The number of benzene rings is 1. The van der Waals surface area contributed by atoms with Crippen molar-refractivity contribution >= 4 is 5.70 Å². The van der Waals surface area contributed by atoms with Gasteiger partial charge in [0, 0.05) is 24.4 Å². The van der Waals surface area contributed by atoms with Crippen LogP contribution < -0.4 is 0 Å². The number of likely N-dealkylation sites (tertiary alicyclic amines) is 1. The van der Waals surface area contributed by atoms with Crippen LogP contribution in [0.5, 0.6) is 0 Å². The quantitative estimate of drug-likeness (QED) is 0.922. The van der Waals surface area contributed by atoms with E-state index in [1.54, 1.807) is 17.2 Å². The average molecular weight is 270 g/mol. The van der Waals surface area contributed by atoms with Crippen molar-refractivity contribution in [1.82, 2.24) is 19.9 Å². The van der Waals surface area contributed by atoms with E-state index in [0.717, 1.165) is 36.3 Å². The van der Waals surface area contributed by atoms with E-state index >= 15 is 0 Å². The summed E-state index contributed by atoms with van der Waals surface area (Å²) in [6, 6.07) is 7.93. The van der Waals surface area contributed by atoms with E-state index in [1.165, 1.54) is 0 Å². The Morgan fingerprint density at radius 1 is 1.25 bits per heavy atom. The molecule has 1 N–H and O–H groups in total. The second-order valence-electron chi connectivity index (χ2n) is 5.02. The number of piperidine rings is 1. The summed E-state index contributed by atoms with van der Waals surface area (Å²) >= 11 is 0. The number of nitrogens with zero attached hydrogens (tertiary/aromatic N) is 4. The zero-order chi connectivity index (χ0) is 13.9. The number of aliphatic hydroxyl groups is 1. The molecule has 1 aromatic carbocycles. The zero-order valence-corrected chi connectivity index (χ0v) is 11.3. The van der Waals surface area contributed by atoms with Crippen LogP contribution in [0.25, 0.3) is 11.4 Å². The molecule has 1 fully saturated rings. The maximum Gasteiger partial charge on any atom is 0.0949 e. The van der Waals surface area contributed by atoms with Crippen LogP contribution in [0.15, 0.2) is 43.2 Å². The molecule has 2 heterocycles. The molecule has 0 spiro atoms. The average Bonchev–Trinajstić information content (AvgIpc) is 3.00. The molecule has 104 valence electrons. The van der Waals surface area contributed by atoms with Gasteiger partial charge < -0.3 is 10.0 Å². The van der Waals surface area contributed by atoms with Crippen molar-refractivity contribution < 1.29 is 5.11 Å². The summed E-state index contributed by atoms with van der Waals surface area (Å²) in [6.07, 6.45) is 4.90. The largest absolute Gasteiger partial charge is 0.391 e. The number of hydrogen-bond donors (Lipinski definition) is 1. The first-order valence-corrected chi connectivity index (χ1v) is 6.83. The summed E-state index contributed by atoms with van der Waals surface area (Å²) in [5, 5.41) is 18.2. The van der Waals surface area contributed by atoms with Crippen LogP contribution in [-0.4, -0.2) is 44.2 Å². The van der Waals surface area contributed by atoms with E-state index in [0.29, 0.717) is 6.54 Å². The zero-order valence-electron chi connectivity index (χ0n) is 11.3. The molecule has 1 atom stereocenters. The molecule has 0 radical (unpaired) electrons. The van der Waals surface area contributed by atoms with Crippen LogP contribution in [0.1, 0.15) is 18.4 Å². The molecule has 0 amide bonds. The van der Waals surface area contributed by atoms with Crippen LogP contribution in [-0.2, 0) is 0 Å². The van der Waals surface area contributed by atoms with Gasteiger partial charge in [0.05, 0.1) is 24.2 Å². The highest BCUT2D eigenvalue weighted by molar-refractivity contribution is 5.69. The lowest BCUT2D eigenvalue weighted by molar-refractivity contribution is 0.0989. The maximum atomic E-state index is 9.82. The Kier molecular flexibility index (Phi) is 3.52. The smallest absolute Gasteiger partial charge is 0.0949 e. The molecular weight excluding hydrogens is 252 g/mol. The molecule has 0 aliphatic carbocycles. The van der Waals surface area contributed by atoms with Crippen LogP contribution in [0, 0.1) is 0 Å². The van der Waals surface area contributed by atoms with Crippen molar-refractivity contribution in [1.29, 1.82) is 0 Å². The highest BCUT2D eigenvalue weighted by Gasteiger charge is 2.21. The minimum Gasteiger partial charge on any atom is -0.391 e. The van der Waals surface area contributed by atoms with E-state index in [1.807, 2.05) is 24.3 Å². The van der Waals surface area contributed by atoms with E-state index in [-0.39, 0.29) is 6.10 Å². The van der Waals surface area contributed by atoms with Crippen molar-refractivity contribution in [3.63, 3.8) is 0 Å². The molecule has 5 nitrogen and oxygen atoms in total. The van der Waals surface area contributed by atoms with Gasteiger partial charge in [0.15, 0.2) is 0 Å². The van der Waals surface area contributed by atoms with Gasteiger partial charge in [-0.25, -0.2) is 0 Å². The number of aromatic nitrogens is 3. The Morgan fingerprint density at radius 3 is 2.75 bits per heavy atom. The second-order valence-corrected chi connectivity index (χ2v) is 5.02. The van der Waals surface area contributed by atoms with Gasteiger partial charge in [0.1, 0.15) is 0 Å². The van der Waals surface area contributed by atoms with Crippen molar-refractivity contribution in [2.45, 2.75) is 18.9 Å². The lowest BCUT2D eigenvalue weighted by atomic mass is 10.0. The molecule has 1 saturated heterocycles. The van der Waals surface area contributed by atoms with Gasteiger partial charge in [-0.1, -0.05) is 24.8 Å². The molecule has 1 aromatic heterocycles. The fourth-order valence-corrected chi connectivity index (χ4v) is 2.60. The second kappa shape index (κ2) is 5.46. The minimum absolute atomic E-state index is 0.268. The summed E-state index contributed by atoms with van der Waals surface area (Å²) in [6.45, 7) is 5.77. The van der Waals surface area contributed by atoms with Crippen molar-refractivity contribution in [3.05, 3.63) is 48.8 Å². The van der Waals surface area contributed by atoms with E-state index < -0.39 is 0 Å². The Labute approximate surface area is 118 Å². The Bertz CT molecular complexity index is 594. The normalized spacial score (nSPS) is 19.1. The molecule has 0 bridgehead atoms. The van der Waals surface area contributed by atoms with Gasteiger partial charge >= 0.3 is 0 Å². The predicted octanol–water partition coefficient (Wildman–Crippen LogP) is 1.69. The molecule has 0 saturated carbocycles. The van der Waals surface area contributed by atoms with Gasteiger partial charge in [-0.3, -0.25) is 0 Å². The fraction of sp³-hybridized carbons (Fsp3) is 0.333. The molecule has 1 aliphatic heterocycles. The van der Waals surface area contributed by atoms with Crippen molar-refractivity contribution in [2.24, 2.45) is 0 Å². The van der Waals surface area contributed by atoms with Crippen molar-refractivity contribution in [3.8, 4) is 5.69 Å². The Balaban J connectivity index is 1.92. The number of aliphatic hydroxyl groups excluding tert-OH is 1. The summed E-state index contributed by atoms with van der Waals surface area (Å²) in [5.41, 5.74) is 2.82. The SMILES string of the molecule is C=C(c1ccccc1-n1nccn1)N1CCC[C@@H](O)C1. The number of β-amino-alcohol motifs (C(OH)–C–C–N with tert-alkyl or cyclic N) is 1. The third-order valence-corrected chi connectivity index (χ3v) is 3.63. The van der Waals surface area contributed by atoms with E-state index in [2.05, 4.69) is 21.7 Å². The van der Waals surface area contributed by atoms with E-state index in [4.69, 9.17) is 0 Å². The maximum absolute atomic E-state index is 9.82. The first-order valence-electron chi connectivity index (χ1n) is 6.83. The summed E-state index contributed by atoms with van der Waals surface area (Å²) in [4.78, 5) is 3.73. The molecule has 1 aliphatic rings. The molecular formula is C15H18N4O. The molecule has 2 aromatic rings. The van der Waals surface area contributed by atoms with Gasteiger partial charge in [-0.05, 0) is 18.9 Å². The third kappa shape index (κ3) is 2.44. The summed E-state index contributed by atoms with van der Waals surface area (Å²) < 4.78 is 0. The van der Waals surface area contributed by atoms with Gasteiger partial charge in [0.2, 0.25) is 0 Å². The van der Waals surface area contributed by atoms with Gasteiger partial charge in [-0.2, -0.15) is 15.0 Å². The van der Waals surface area contributed by atoms with Gasteiger partial charge in [-0.15, -0.1) is 0 Å². The molecule has 3 rings (SSSR count). The van der Waals surface area contributed by atoms with Gasteiger partial charge in [0.25, 0.3) is 0 Å². The minimum atomic E-state index is -0.268. The first kappa shape index (κ1) is 12.9. The summed E-state index contributed by atoms with van der Waals surface area (Å²) in [7, 11) is 0. The standard InChI is InChI=1S/C15H18N4O/c1-12(18-10-4-5-13(20)11-18)14-6-2-3-7-15(14)19-16-8-9-17-19/h2-3,6-9,13,20H,1,4-5,10-11H2/t13-/m1/s1. The van der Waals surface area contributed by atoms with Crippen LogP contribution in [0.2, 0.25) is 0 Å². The highest BCUT2D eigenvalue weighted by Crippen LogP contribution is 2.26. The number of para-hydroxylation sites is 1. The van der Waals surface area contributed by atoms with Crippen molar-refractivity contribution in [2.75, 3.05) is 13.1 Å². The fourth-order valence-electron chi connectivity index (χ4n) is 2.60. The lowest BCUT2D eigenvalue weighted by Gasteiger charge is -2.33. The Hall–Kier alpha value is -2.14. The van der Waals surface area contributed by atoms with Crippen LogP contribution in [0.4, 0.5) is 0 Å². The molecule has 20 heavy (non-hydrogen) atoms. The first-order chi connectivity index (χ1) is 9.75. The molecule has 0 unspecified atom stereocenters. The van der Waals surface area contributed by atoms with E-state index in [9.17, 15) is 5.11 Å². The van der Waals surface area contributed by atoms with Crippen LogP contribution >= 0.6 is 0 Å². The predicted molar refractivity (Wildman–Crippen MR) is 77.2 cm³/mol. The summed E-state index contributed by atoms with van der Waals surface area (Å²) in [5.74, 6) is 0. The lowest BCUT2D eigenvalue weighted by Crippen LogP contribution is -2.36. The third-order valence-electron chi connectivity index (χ3n) is 3.63. The topological polar surface area (TPSA) is 54.2 Å². The number of hydrogen-bond acceptors (Lipinski definition) is 4. The van der Waals surface area contributed by atoms with Crippen LogP contribution in [0.3, 0.4) is 0 Å². The highest BCUT2D eigenvalue weighted by atomic mass is 16.3.